The van der Waals surface area contributed by atoms with Crippen LogP contribution < -0.4 is 15.4 Å². The number of rotatable bonds is 8. The molecule has 3 rings (SSSR count). The highest BCUT2D eigenvalue weighted by Gasteiger charge is 2.28. The number of para-hydroxylation sites is 1. The minimum atomic E-state index is -0.910. The second kappa shape index (κ2) is 11.1. The van der Waals surface area contributed by atoms with E-state index in [9.17, 15) is 14.4 Å². The molecular weight excluding hydrogens is 454 g/mol. The fourth-order valence-corrected chi connectivity index (χ4v) is 4.15. The van der Waals surface area contributed by atoms with Crippen LogP contribution in [-0.2, 0) is 9.53 Å². The molecule has 0 spiro atoms. The van der Waals surface area contributed by atoms with E-state index in [4.69, 9.17) is 14.7 Å². The molecule has 0 aliphatic heterocycles. The summed E-state index contributed by atoms with van der Waals surface area (Å²) in [6.45, 7) is 5.01. The van der Waals surface area contributed by atoms with Crippen LogP contribution in [0.2, 0.25) is 0 Å². The molecule has 0 fully saturated rings. The van der Waals surface area contributed by atoms with E-state index in [1.807, 2.05) is 12.1 Å². The van der Waals surface area contributed by atoms with E-state index in [0.29, 0.717) is 22.6 Å². The number of anilines is 2. The lowest BCUT2D eigenvalue weighted by molar-refractivity contribution is -0.122. The second-order valence-corrected chi connectivity index (χ2v) is 8.21. The lowest BCUT2D eigenvalue weighted by Crippen LogP contribution is -2.30. The highest BCUT2D eigenvalue weighted by atomic mass is 32.1. The average molecular weight is 478 g/mol. The summed E-state index contributed by atoms with van der Waals surface area (Å²) >= 11 is 0.988. The fraction of sp³-hybridized carbons (Fsp3) is 0.200. The molecule has 2 amide bonds. The quantitative estimate of drug-likeness (QED) is 0.452. The Morgan fingerprint density at radius 1 is 1.06 bits per heavy atom. The number of carbonyl (C=O) groups excluding carboxylic acids is 3. The van der Waals surface area contributed by atoms with E-state index >= 15 is 0 Å². The van der Waals surface area contributed by atoms with E-state index in [-0.39, 0.29) is 22.0 Å². The van der Waals surface area contributed by atoms with Gasteiger partial charge in [-0.05, 0) is 62.7 Å². The van der Waals surface area contributed by atoms with Crippen LogP contribution in [0, 0.1) is 18.3 Å². The molecular formula is C25H23N3O5S. The molecule has 1 aromatic heterocycles. The van der Waals surface area contributed by atoms with Crippen molar-refractivity contribution in [1.29, 1.82) is 5.26 Å². The molecule has 1 unspecified atom stereocenters. The third-order valence-corrected chi connectivity index (χ3v) is 5.97. The smallest absolute Gasteiger partial charge is 0.341 e. The van der Waals surface area contributed by atoms with Crippen molar-refractivity contribution in [3.63, 3.8) is 0 Å². The molecule has 0 saturated carbocycles. The van der Waals surface area contributed by atoms with Gasteiger partial charge in [0.25, 0.3) is 11.8 Å². The van der Waals surface area contributed by atoms with Gasteiger partial charge in [0.15, 0.2) is 6.10 Å². The zero-order valence-electron chi connectivity index (χ0n) is 18.9. The Kier molecular flexibility index (Phi) is 8.01. The first-order chi connectivity index (χ1) is 16.3. The van der Waals surface area contributed by atoms with E-state index in [1.54, 1.807) is 69.3 Å². The lowest BCUT2D eigenvalue weighted by Gasteiger charge is -2.15. The number of benzene rings is 2. The number of nitriles is 1. The van der Waals surface area contributed by atoms with Crippen molar-refractivity contribution in [3.8, 4) is 11.8 Å². The number of hydrogen-bond donors (Lipinski definition) is 2. The van der Waals surface area contributed by atoms with Crippen LogP contribution in [0.4, 0.5) is 10.7 Å². The third kappa shape index (κ3) is 5.79. The molecule has 1 atom stereocenters. The van der Waals surface area contributed by atoms with E-state index in [1.165, 1.54) is 0 Å². The number of ether oxygens (including phenoxy) is 2. The zero-order chi connectivity index (χ0) is 24.7. The summed E-state index contributed by atoms with van der Waals surface area (Å²) in [5.74, 6) is -1.13. The second-order valence-electron chi connectivity index (χ2n) is 7.19. The third-order valence-electron chi connectivity index (χ3n) is 4.77. The maximum absolute atomic E-state index is 12.9. The summed E-state index contributed by atoms with van der Waals surface area (Å²) < 4.78 is 10.8. The van der Waals surface area contributed by atoms with Gasteiger partial charge >= 0.3 is 5.97 Å². The van der Waals surface area contributed by atoms with E-state index in [2.05, 4.69) is 10.6 Å². The fourth-order valence-electron chi connectivity index (χ4n) is 3.06. The lowest BCUT2D eigenvalue weighted by atomic mass is 10.1. The van der Waals surface area contributed by atoms with Gasteiger partial charge in [0.05, 0.1) is 28.7 Å². The van der Waals surface area contributed by atoms with Gasteiger partial charge in [-0.25, -0.2) is 4.79 Å². The molecule has 0 radical (unpaired) electrons. The zero-order valence-corrected chi connectivity index (χ0v) is 19.7. The van der Waals surface area contributed by atoms with Crippen LogP contribution >= 0.6 is 11.3 Å². The Bertz CT molecular complexity index is 1230. The van der Waals surface area contributed by atoms with Crippen LogP contribution in [0.15, 0.2) is 54.6 Å². The van der Waals surface area contributed by atoms with Gasteiger partial charge in [0.1, 0.15) is 10.8 Å². The normalized spacial score (nSPS) is 11.1. The van der Waals surface area contributed by atoms with Crippen LogP contribution in [-0.4, -0.2) is 30.5 Å². The van der Waals surface area contributed by atoms with Gasteiger partial charge in [-0.3, -0.25) is 9.59 Å². The van der Waals surface area contributed by atoms with Gasteiger partial charge in [-0.1, -0.05) is 18.2 Å². The van der Waals surface area contributed by atoms with Crippen LogP contribution in [0.5, 0.6) is 5.75 Å². The Balaban J connectivity index is 1.82. The highest BCUT2D eigenvalue weighted by Crippen LogP contribution is 2.34. The van der Waals surface area contributed by atoms with Gasteiger partial charge < -0.3 is 20.1 Å². The number of thiophene rings is 1. The molecule has 174 valence electrons. The number of carbonyl (C=O) groups is 3. The Labute approximate surface area is 201 Å². The summed E-state index contributed by atoms with van der Waals surface area (Å²) in [5, 5.41) is 14.6. The molecule has 34 heavy (non-hydrogen) atoms. The average Bonchev–Trinajstić information content (AvgIpc) is 3.16. The van der Waals surface area contributed by atoms with E-state index < -0.39 is 23.9 Å². The molecule has 0 saturated heterocycles. The van der Waals surface area contributed by atoms with Crippen LogP contribution in [0.25, 0.3) is 0 Å². The Hall–Kier alpha value is -4.16. The minimum Gasteiger partial charge on any atom is -0.481 e. The van der Waals surface area contributed by atoms with Gasteiger partial charge in [-0.2, -0.15) is 5.26 Å². The highest BCUT2D eigenvalue weighted by molar-refractivity contribution is 7.19. The summed E-state index contributed by atoms with van der Waals surface area (Å²) in [7, 11) is 0. The molecule has 2 aromatic carbocycles. The molecule has 0 bridgehead atoms. The predicted molar refractivity (Wildman–Crippen MR) is 129 cm³/mol. The van der Waals surface area contributed by atoms with Crippen molar-refractivity contribution >= 4 is 39.8 Å². The SMILES string of the molecule is CCOC(=O)c1c(NC(=O)C(C)Oc2ccc(C#N)cc2)sc(C(=O)Nc2ccccc2)c1C. The molecule has 8 nitrogen and oxygen atoms in total. The first kappa shape index (κ1) is 24.5. The summed E-state index contributed by atoms with van der Waals surface area (Å²) in [4.78, 5) is 38.6. The largest absolute Gasteiger partial charge is 0.481 e. The predicted octanol–water partition coefficient (Wildman–Crippen LogP) is 4.76. The topological polar surface area (TPSA) is 118 Å². The van der Waals surface area contributed by atoms with Crippen molar-refractivity contribution < 1.29 is 23.9 Å². The summed E-state index contributed by atoms with van der Waals surface area (Å²) in [6.07, 6.45) is -0.910. The molecule has 9 heteroatoms. The number of amides is 2. The molecule has 0 aliphatic carbocycles. The molecule has 0 aliphatic rings. The van der Waals surface area contributed by atoms with Crippen molar-refractivity contribution in [2.45, 2.75) is 26.9 Å². The molecule has 2 N–H and O–H groups in total. The van der Waals surface area contributed by atoms with Crippen LogP contribution in [0.3, 0.4) is 0 Å². The number of nitrogens with zero attached hydrogens (tertiary/aromatic N) is 1. The number of esters is 1. The van der Waals surface area contributed by atoms with Gasteiger partial charge in [0.2, 0.25) is 0 Å². The number of nitrogens with one attached hydrogen (secondary N) is 2. The molecule has 1 heterocycles. The standard InChI is InChI=1S/C25H23N3O5S/c1-4-32-25(31)20-15(2)21(23(30)27-18-8-6-5-7-9-18)34-24(20)28-22(29)16(3)33-19-12-10-17(14-26)11-13-19/h5-13,16H,4H2,1-3H3,(H,27,30)(H,28,29). The van der Waals surface area contributed by atoms with Gasteiger partial charge in [-0.15, -0.1) is 11.3 Å². The van der Waals surface area contributed by atoms with Crippen molar-refractivity contribution in [3.05, 3.63) is 76.2 Å². The van der Waals surface area contributed by atoms with Crippen molar-refractivity contribution in [1.82, 2.24) is 0 Å². The maximum Gasteiger partial charge on any atom is 0.341 e. The van der Waals surface area contributed by atoms with E-state index in [0.717, 1.165) is 11.3 Å². The Morgan fingerprint density at radius 2 is 1.74 bits per heavy atom. The van der Waals surface area contributed by atoms with Gasteiger partial charge in [0, 0.05) is 5.69 Å². The summed E-state index contributed by atoms with van der Waals surface area (Å²) in [5.41, 5.74) is 1.61. The monoisotopic (exact) mass is 477 g/mol. The maximum atomic E-state index is 12.9. The molecule has 3 aromatic rings. The first-order valence-corrected chi connectivity index (χ1v) is 11.3. The number of hydrogen-bond acceptors (Lipinski definition) is 7. The van der Waals surface area contributed by atoms with Crippen molar-refractivity contribution in [2.75, 3.05) is 17.2 Å². The minimum absolute atomic E-state index is 0.129. The van der Waals surface area contributed by atoms with Crippen LogP contribution in [0.1, 0.15) is 45.0 Å². The Morgan fingerprint density at radius 3 is 2.35 bits per heavy atom. The first-order valence-electron chi connectivity index (χ1n) is 10.5. The summed E-state index contributed by atoms with van der Waals surface area (Å²) in [6, 6.07) is 17.3. The van der Waals surface area contributed by atoms with Crippen molar-refractivity contribution in [2.24, 2.45) is 0 Å².